The van der Waals surface area contributed by atoms with Gasteiger partial charge in [-0.15, -0.1) is 0 Å². The first kappa shape index (κ1) is 16.3. The molecule has 5 nitrogen and oxygen atoms in total. The minimum Gasteiger partial charge on any atom is -0.338 e. The van der Waals surface area contributed by atoms with Crippen molar-refractivity contribution in [3.05, 3.63) is 59.6 Å². The number of benzene rings is 2. The number of anilines is 2. The SMILES string of the molecule is O=C(NCC1CC(=O)N(c2ccccc2)C1)Nc1ccc(Cl)cc1. The van der Waals surface area contributed by atoms with Crippen LogP contribution in [0.15, 0.2) is 54.6 Å². The number of amides is 3. The highest BCUT2D eigenvalue weighted by atomic mass is 35.5. The van der Waals surface area contributed by atoms with Crippen LogP contribution in [0.4, 0.5) is 16.2 Å². The van der Waals surface area contributed by atoms with E-state index in [1.165, 1.54) is 0 Å². The van der Waals surface area contributed by atoms with Gasteiger partial charge in [-0.2, -0.15) is 0 Å². The van der Waals surface area contributed by atoms with E-state index in [2.05, 4.69) is 10.6 Å². The average Bonchev–Trinajstić information content (AvgIpc) is 2.97. The molecule has 1 saturated heterocycles. The lowest BCUT2D eigenvalue weighted by Crippen LogP contribution is -2.34. The van der Waals surface area contributed by atoms with Crippen LogP contribution in [-0.4, -0.2) is 25.0 Å². The third-order valence-electron chi connectivity index (χ3n) is 3.93. The zero-order valence-electron chi connectivity index (χ0n) is 13.0. The van der Waals surface area contributed by atoms with Gasteiger partial charge in [-0.25, -0.2) is 4.79 Å². The quantitative estimate of drug-likeness (QED) is 0.892. The van der Waals surface area contributed by atoms with Crippen LogP contribution in [0.3, 0.4) is 0 Å². The van der Waals surface area contributed by atoms with E-state index in [-0.39, 0.29) is 17.9 Å². The van der Waals surface area contributed by atoms with Gasteiger partial charge in [0.1, 0.15) is 0 Å². The molecular weight excluding hydrogens is 326 g/mol. The summed E-state index contributed by atoms with van der Waals surface area (Å²) in [6.45, 7) is 1.07. The second kappa shape index (κ2) is 7.36. The van der Waals surface area contributed by atoms with E-state index in [9.17, 15) is 9.59 Å². The first-order valence-corrected chi connectivity index (χ1v) is 8.15. The summed E-state index contributed by atoms with van der Waals surface area (Å²) in [4.78, 5) is 25.8. The Morgan fingerprint density at radius 2 is 1.83 bits per heavy atom. The van der Waals surface area contributed by atoms with Crippen molar-refractivity contribution in [3.8, 4) is 0 Å². The molecule has 0 aromatic heterocycles. The molecule has 0 aliphatic carbocycles. The molecule has 3 rings (SSSR count). The molecule has 0 spiro atoms. The Labute approximate surface area is 145 Å². The van der Waals surface area contributed by atoms with Gasteiger partial charge in [0.2, 0.25) is 5.91 Å². The Hall–Kier alpha value is -2.53. The van der Waals surface area contributed by atoms with Gasteiger partial charge in [0, 0.05) is 41.8 Å². The topological polar surface area (TPSA) is 61.4 Å². The lowest BCUT2D eigenvalue weighted by Gasteiger charge is -2.17. The summed E-state index contributed by atoms with van der Waals surface area (Å²) < 4.78 is 0. The number of nitrogens with one attached hydrogen (secondary N) is 2. The molecule has 124 valence electrons. The zero-order chi connectivity index (χ0) is 16.9. The average molecular weight is 344 g/mol. The Bertz CT molecular complexity index is 719. The zero-order valence-corrected chi connectivity index (χ0v) is 13.8. The summed E-state index contributed by atoms with van der Waals surface area (Å²) in [5, 5.41) is 6.18. The fourth-order valence-electron chi connectivity index (χ4n) is 2.72. The number of urea groups is 1. The first-order chi connectivity index (χ1) is 11.6. The molecule has 24 heavy (non-hydrogen) atoms. The molecular formula is C18H18ClN3O2. The van der Waals surface area contributed by atoms with Gasteiger partial charge in [-0.3, -0.25) is 4.79 Å². The second-order valence-electron chi connectivity index (χ2n) is 5.75. The molecule has 1 heterocycles. The summed E-state index contributed by atoms with van der Waals surface area (Å²) in [6.07, 6.45) is 0.441. The minimum absolute atomic E-state index is 0.0890. The van der Waals surface area contributed by atoms with Crippen molar-refractivity contribution >= 4 is 34.9 Å². The number of rotatable bonds is 4. The van der Waals surface area contributed by atoms with Crippen molar-refractivity contribution in [2.45, 2.75) is 6.42 Å². The highest BCUT2D eigenvalue weighted by Crippen LogP contribution is 2.24. The monoisotopic (exact) mass is 343 g/mol. The van der Waals surface area contributed by atoms with Crippen molar-refractivity contribution in [3.63, 3.8) is 0 Å². The largest absolute Gasteiger partial charge is 0.338 e. The number of hydrogen-bond donors (Lipinski definition) is 2. The van der Waals surface area contributed by atoms with E-state index in [1.54, 1.807) is 29.2 Å². The molecule has 6 heteroatoms. The van der Waals surface area contributed by atoms with Crippen molar-refractivity contribution in [1.29, 1.82) is 0 Å². The molecule has 1 atom stereocenters. The minimum atomic E-state index is -0.289. The van der Waals surface area contributed by atoms with E-state index >= 15 is 0 Å². The second-order valence-corrected chi connectivity index (χ2v) is 6.19. The van der Waals surface area contributed by atoms with Crippen LogP contribution in [0.1, 0.15) is 6.42 Å². The summed E-state index contributed by atoms with van der Waals surface area (Å²) in [5.41, 5.74) is 1.57. The van der Waals surface area contributed by atoms with E-state index in [0.717, 1.165) is 5.69 Å². The number of carbonyl (C=O) groups is 2. The van der Waals surface area contributed by atoms with Gasteiger partial charge < -0.3 is 15.5 Å². The summed E-state index contributed by atoms with van der Waals surface area (Å²) >= 11 is 5.81. The maximum Gasteiger partial charge on any atom is 0.319 e. The molecule has 1 unspecified atom stereocenters. The highest BCUT2D eigenvalue weighted by molar-refractivity contribution is 6.30. The number of halogens is 1. The van der Waals surface area contributed by atoms with Crippen LogP contribution in [0.2, 0.25) is 5.02 Å². The van der Waals surface area contributed by atoms with E-state index in [4.69, 9.17) is 11.6 Å². The number of nitrogens with zero attached hydrogens (tertiary/aromatic N) is 1. The predicted molar refractivity (Wildman–Crippen MR) is 95.4 cm³/mol. The van der Waals surface area contributed by atoms with Gasteiger partial charge in [0.25, 0.3) is 0 Å². The van der Waals surface area contributed by atoms with Gasteiger partial charge in [0.15, 0.2) is 0 Å². The van der Waals surface area contributed by atoms with Gasteiger partial charge in [-0.1, -0.05) is 29.8 Å². The maximum atomic E-state index is 12.1. The molecule has 1 aliphatic heterocycles. The van der Waals surface area contributed by atoms with Gasteiger partial charge in [-0.05, 0) is 36.4 Å². The Balaban J connectivity index is 1.49. The van der Waals surface area contributed by atoms with Crippen LogP contribution in [0, 0.1) is 5.92 Å². The normalized spacial score (nSPS) is 17.0. The molecule has 0 saturated carbocycles. The van der Waals surface area contributed by atoms with Crippen LogP contribution in [0.25, 0.3) is 0 Å². The standard InChI is InChI=1S/C18H18ClN3O2/c19-14-6-8-15(9-7-14)21-18(24)20-11-13-10-17(23)22(12-13)16-4-2-1-3-5-16/h1-9,13H,10-12H2,(H2,20,21,24). The smallest absolute Gasteiger partial charge is 0.319 e. The molecule has 3 amide bonds. The van der Waals surface area contributed by atoms with Crippen LogP contribution in [-0.2, 0) is 4.79 Å². The van der Waals surface area contributed by atoms with Crippen LogP contribution < -0.4 is 15.5 Å². The molecule has 2 N–H and O–H groups in total. The van der Waals surface area contributed by atoms with E-state index in [0.29, 0.717) is 30.2 Å². The Morgan fingerprint density at radius 3 is 2.54 bits per heavy atom. The molecule has 1 aliphatic rings. The fraction of sp³-hybridized carbons (Fsp3) is 0.222. The van der Waals surface area contributed by atoms with Crippen molar-refractivity contribution < 1.29 is 9.59 Å². The molecule has 0 bridgehead atoms. The Kier molecular flexibility index (Phi) is 5.01. The molecule has 0 radical (unpaired) electrons. The third-order valence-corrected chi connectivity index (χ3v) is 4.18. The highest BCUT2D eigenvalue weighted by Gasteiger charge is 2.30. The number of carbonyl (C=O) groups excluding carboxylic acids is 2. The molecule has 2 aromatic carbocycles. The molecule has 2 aromatic rings. The summed E-state index contributed by atoms with van der Waals surface area (Å²) in [7, 11) is 0. The lowest BCUT2D eigenvalue weighted by molar-refractivity contribution is -0.117. The Morgan fingerprint density at radius 1 is 1.12 bits per heavy atom. The summed E-state index contributed by atoms with van der Waals surface area (Å²) in [6, 6.07) is 16.2. The van der Waals surface area contributed by atoms with Crippen LogP contribution in [0.5, 0.6) is 0 Å². The van der Waals surface area contributed by atoms with Gasteiger partial charge in [0.05, 0.1) is 0 Å². The summed E-state index contributed by atoms with van der Waals surface area (Å²) in [5.74, 6) is 0.194. The van der Waals surface area contributed by atoms with Crippen molar-refractivity contribution in [1.82, 2.24) is 5.32 Å². The first-order valence-electron chi connectivity index (χ1n) is 7.77. The predicted octanol–water partition coefficient (Wildman–Crippen LogP) is 3.51. The lowest BCUT2D eigenvalue weighted by atomic mass is 10.1. The van der Waals surface area contributed by atoms with E-state index in [1.807, 2.05) is 30.3 Å². The fourth-order valence-corrected chi connectivity index (χ4v) is 2.85. The van der Waals surface area contributed by atoms with Crippen molar-refractivity contribution in [2.24, 2.45) is 5.92 Å². The van der Waals surface area contributed by atoms with Crippen LogP contribution >= 0.6 is 11.6 Å². The maximum absolute atomic E-state index is 12.1. The molecule has 1 fully saturated rings. The number of hydrogen-bond acceptors (Lipinski definition) is 2. The van der Waals surface area contributed by atoms with Gasteiger partial charge >= 0.3 is 6.03 Å². The van der Waals surface area contributed by atoms with Crippen molar-refractivity contribution in [2.75, 3.05) is 23.3 Å². The number of para-hydroxylation sites is 1. The third kappa shape index (κ3) is 4.06. The van der Waals surface area contributed by atoms with E-state index < -0.39 is 0 Å².